The van der Waals surface area contributed by atoms with Gasteiger partial charge in [0.2, 0.25) is 0 Å². The van der Waals surface area contributed by atoms with Crippen LogP contribution in [0.25, 0.3) is 0 Å². The van der Waals surface area contributed by atoms with Crippen molar-refractivity contribution in [2.75, 3.05) is 0 Å². The molecule has 0 fully saturated rings. The van der Waals surface area contributed by atoms with Crippen molar-refractivity contribution < 1.29 is 4.79 Å². The number of nitrogens with two attached hydrogens (primary N) is 1. The zero-order chi connectivity index (χ0) is 6.85. The van der Waals surface area contributed by atoms with Crippen LogP contribution in [0.4, 0.5) is 0 Å². The SMILES string of the molecule is Cn1ccc(C(N)=O)n1. The van der Waals surface area contributed by atoms with Crippen molar-refractivity contribution >= 4 is 5.91 Å². The molecule has 2 N–H and O–H groups in total. The molecule has 0 atom stereocenters. The van der Waals surface area contributed by atoms with Crippen LogP contribution in [0.2, 0.25) is 0 Å². The average molecular weight is 125 g/mol. The fourth-order valence-electron chi connectivity index (χ4n) is 0.546. The lowest BCUT2D eigenvalue weighted by Gasteiger charge is -1.83. The quantitative estimate of drug-likeness (QED) is 0.551. The molecule has 1 amide bonds. The lowest BCUT2D eigenvalue weighted by atomic mass is 10.4. The van der Waals surface area contributed by atoms with E-state index < -0.39 is 5.91 Å². The number of primary amides is 1. The van der Waals surface area contributed by atoms with Crippen molar-refractivity contribution in [1.29, 1.82) is 0 Å². The van der Waals surface area contributed by atoms with Crippen molar-refractivity contribution in [1.82, 2.24) is 9.78 Å². The predicted molar refractivity (Wildman–Crippen MR) is 31.7 cm³/mol. The summed E-state index contributed by atoms with van der Waals surface area (Å²) in [4.78, 5) is 10.4. The summed E-state index contributed by atoms with van der Waals surface area (Å²) in [5, 5.41) is 3.75. The molecule has 1 aromatic heterocycles. The number of aryl methyl sites for hydroxylation is 1. The molecule has 1 aromatic rings. The molecule has 0 aromatic carbocycles. The van der Waals surface area contributed by atoms with Gasteiger partial charge in [0, 0.05) is 13.2 Å². The summed E-state index contributed by atoms with van der Waals surface area (Å²) in [6.45, 7) is 0. The number of rotatable bonds is 1. The molecular formula is C5H7N3O. The van der Waals surface area contributed by atoms with E-state index in [0.717, 1.165) is 0 Å². The van der Waals surface area contributed by atoms with E-state index in [1.807, 2.05) is 0 Å². The van der Waals surface area contributed by atoms with Crippen LogP contribution >= 0.6 is 0 Å². The summed E-state index contributed by atoms with van der Waals surface area (Å²) >= 11 is 0. The highest BCUT2D eigenvalue weighted by Gasteiger charge is 2.00. The number of carbonyl (C=O) groups excluding carboxylic acids is 1. The maximum Gasteiger partial charge on any atom is 0.269 e. The molecule has 0 spiro atoms. The maximum atomic E-state index is 10.4. The molecule has 4 heteroatoms. The fourth-order valence-corrected chi connectivity index (χ4v) is 0.546. The number of nitrogens with zero attached hydrogens (tertiary/aromatic N) is 2. The van der Waals surface area contributed by atoms with Gasteiger partial charge in [0.25, 0.3) is 5.91 Å². The third-order valence-electron chi connectivity index (χ3n) is 0.966. The second-order valence-electron chi connectivity index (χ2n) is 1.74. The van der Waals surface area contributed by atoms with E-state index in [9.17, 15) is 4.79 Å². The van der Waals surface area contributed by atoms with Gasteiger partial charge in [0.1, 0.15) is 5.69 Å². The fraction of sp³-hybridized carbons (Fsp3) is 0.200. The van der Waals surface area contributed by atoms with Gasteiger partial charge in [-0.3, -0.25) is 9.48 Å². The van der Waals surface area contributed by atoms with Crippen LogP contribution in [-0.4, -0.2) is 15.7 Å². The van der Waals surface area contributed by atoms with Gasteiger partial charge in [-0.2, -0.15) is 5.10 Å². The molecule has 0 saturated heterocycles. The molecule has 0 unspecified atom stereocenters. The number of aromatic nitrogens is 2. The first-order valence-corrected chi connectivity index (χ1v) is 2.49. The van der Waals surface area contributed by atoms with Crippen LogP contribution in [0, 0.1) is 0 Å². The Kier molecular flexibility index (Phi) is 1.22. The van der Waals surface area contributed by atoms with Gasteiger partial charge in [-0.05, 0) is 6.07 Å². The van der Waals surface area contributed by atoms with Crippen molar-refractivity contribution in [3.63, 3.8) is 0 Å². The Morgan fingerprint density at radius 3 is 2.78 bits per heavy atom. The second kappa shape index (κ2) is 1.89. The van der Waals surface area contributed by atoms with E-state index in [4.69, 9.17) is 5.73 Å². The Bertz CT molecular complexity index is 228. The molecule has 0 aliphatic rings. The van der Waals surface area contributed by atoms with Crippen LogP contribution in [0.5, 0.6) is 0 Å². The van der Waals surface area contributed by atoms with E-state index in [1.165, 1.54) is 4.68 Å². The molecule has 4 nitrogen and oxygen atoms in total. The highest BCUT2D eigenvalue weighted by molar-refractivity contribution is 5.90. The summed E-state index contributed by atoms with van der Waals surface area (Å²) in [6, 6.07) is 1.57. The Labute approximate surface area is 52.3 Å². The van der Waals surface area contributed by atoms with Gasteiger partial charge in [0.15, 0.2) is 0 Å². The number of carbonyl (C=O) groups is 1. The Balaban J connectivity index is 2.98. The monoisotopic (exact) mass is 125 g/mol. The van der Waals surface area contributed by atoms with E-state index in [-0.39, 0.29) is 0 Å². The number of hydrogen-bond donors (Lipinski definition) is 1. The topological polar surface area (TPSA) is 60.9 Å². The van der Waals surface area contributed by atoms with Crippen molar-refractivity contribution in [2.45, 2.75) is 0 Å². The lowest BCUT2D eigenvalue weighted by Crippen LogP contribution is -2.11. The Hall–Kier alpha value is -1.32. The van der Waals surface area contributed by atoms with Gasteiger partial charge >= 0.3 is 0 Å². The van der Waals surface area contributed by atoms with Crippen LogP contribution in [0.1, 0.15) is 10.5 Å². The van der Waals surface area contributed by atoms with E-state index in [1.54, 1.807) is 19.3 Å². The average Bonchev–Trinajstić information content (AvgIpc) is 2.14. The minimum atomic E-state index is -0.490. The summed E-state index contributed by atoms with van der Waals surface area (Å²) in [5.74, 6) is -0.490. The van der Waals surface area contributed by atoms with Gasteiger partial charge < -0.3 is 5.73 Å². The van der Waals surface area contributed by atoms with E-state index in [2.05, 4.69) is 5.10 Å². The third-order valence-corrected chi connectivity index (χ3v) is 0.966. The first-order valence-electron chi connectivity index (χ1n) is 2.49. The van der Waals surface area contributed by atoms with Gasteiger partial charge in [-0.1, -0.05) is 0 Å². The zero-order valence-corrected chi connectivity index (χ0v) is 5.03. The molecule has 0 aliphatic heterocycles. The molecule has 1 heterocycles. The van der Waals surface area contributed by atoms with Crippen LogP contribution < -0.4 is 5.73 Å². The van der Waals surface area contributed by atoms with E-state index in [0.29, 0.717) is 5.69 Å². The van der Waals surface area contributed by atoms with Crippen molar-refractivity contribution in [2.24, 2.45) is 12.8 Å². The molecule has 0 aliphatic carbocycles. The molecule has 0 saturated carbocycles. The summed E-state index contributed by atoms with van der Waals surface area (Å²) < 4.78 is 1.53. The van der Waals surface area contributed by atoms with Gasteiger partial charge in [-0.25, -0.2) is 0 Å². The third kappa shape index (κ3) is 1.07. The Morgan fingerprint density at radius 1 is 1.89 bits per heavy atom. The summed E-state index contributed by atoms with van der Waals surface area (Å²) in [7, 11) is 1.73. The summed E-state index contributed by atoms with van der Waals surface area (Å²) in [5.41, 5.74) is 5.22. The maximum absolute atomic E-state index is 10.4. The molecule has 1 rings (SSSR count). The Morgan fingerprint density at radius 2 is 2.56 bits per heavy atom. The highest BCUT2D eigenvalue weighted by atomic mass is 16.1. The van der Waals surface area contributed by atoms with Crippen LogP contribution in [0.3, 0.4) is 0 Å². The molecule has 48 valence electrons. The minimum absolute atomic E-state index is 0.303. The smallest absolute Gasteiger partial charge is 0.269 e. The first kappa shape index (κ1) is 5.81. The molecule has 0 radical (unpaired) electrons. The minimum Gasteiger partial charge on any atom is -0.364 e. The lowest BCUT2D eigenvalue weighted by molar-refractivity contribution is 0.0995. The first-order chi connectivity index (χ1) is 4.20. The number of amides is 1. The second-order valence-corrected chi connectivity index (χ2v) is 1.74. The largest absolute Gasteiger partial charge is 0.364 e. The van der Waals surface area contributed by atoms with Gasteiger partial charge in [-0.15, -0.1) is 0 Å². The molecule has 0 bridgehead atoms. The van der Waals surface area contributed by atoms with Gasteiger partial charge in [0.05, 0.1) is 0 Å². The van der Waals surface area contributed by atoms with Crippen LogP contribution in [-0.2, 0) is 7.05 Å². The highest BCUT2D eigenvalue weighted by Crippen LogP contribution is 1.89. The van der Waals surface area contributed by atoms with Crippen molar-refractivity contribution in [3.8, 4) is 0 Å². The number of hydrogen-bond acceptors (Lipinski definition) is 2. The molecule has 9 heavy (non-hydrogen) atoms. The van der Waals surface area contributed by atoms with E-state index >= 15 is 0 Å². The summed E-state index contributed by atoms with van der Waals surface area (Å²) in [6.07, 6.45) is 1.67. The standard InChI is InChI=1S/C5H7N3O/c1-8-3-2-4(7-8)5(6)9/h2-3H,1H3,(H2,6,9). The predicted octanol–water partition coefficient (Wildman–Crippen LogP) is -0.481. The normalized spacial score (nSPS) is 9.44. The molecular weight excluding hydrogens is 118 g/mol. The van der Waals surface area contributed by atoms with Crippen LogP contribution in [0.15, 0.2) is 12.3 Å². The zero-order valence-electron chi connectivity index (χ0n) is 5.03. The van der Waals surface area contributed by atoms with Crippen molar-refractivity contribution in [3.05, 3.63) is 18.0 Å².